The molecule has 0 saturated carbocycles. The molecule has 0 aromatic heterocycles. The van der Waals surface area contributed by atoms with E-state index in [-0.39, 0.29) is 0 Å². The third-order valence-electron chi connectivity index (χ3n) is 2.11. The molecule has 1 aromatic rings. The summed E-state index contributed by atoms with van der Waals surface area (Å²) in [7, 11) is 0. The van der Waals surface area contributed by atoms with Crippen molar-refractivity contribution < 1.29 is 9.50 Å². The lowest BCUT2D eigenvalue weighted by molar-refractivity contribution is 0.146. The third-order valence-corrected chi connectivity index (χ3v) is 3.41. The second-order valence-electron chi connectivity index (χ2n) is 3.90. The van der Waals surface area contributed by atoms with E-state index in [1.54, 1.807) is 12.1 Å². The average molecular weight is 340 g/mol. The van der Waals surface area contributed by atoms with Crippen molar-refractivity contribution in [2.75, 3.05) is 0 Å². The molecule has 0 amide bonds. The molecule has 0 spiro atoms. The number of rotatable bonds is 3. The van der Waals surface area contributed by atoms with Crippen molar-refractivity contribution in [2.24, 2.45) is 5.92 Å². The zero-order chi connectivity index (χ0) is 11.6. The normalized spacial score (nSPS) is 13.3. The average Bonchev–Trinajstić information content (AvgIpc) is 2.11. The first kappa shape index (κ1) is 13.1. The SMILES string of the molecule is CC(C)CC(O)c1c(Br)ccc(Br)c1F. The van der Waals surface area contributed by atoms with Crippen LogP contribution >= 0.6 is 31.9 Å². The molecule has 1 unspecified atom stereocenters. The summed E-state index contributed by atoms with van der Waals surface area (Å²) in [5, 5.41) is 9.89. The quantitative estimate of drug-likeness (QED) is 0.807. The van der Waals surface area contributed by atoms with Gasteiger partial charge in [0.2, 0.25) is 0 Å². The molecule has 1 aromatic carbocycles. The number of aliphatic hydroxyl groups excluding tert-OH is 1. The Morgan fingerprint density at radius 1 is 1.27 bits per heavy atom. The highest BCUT2D eigenvalue weighted by atomic mass is 79.9. The third kappa shape index (κ3) is 3.26. The second kappa shape index (κ2) is 5.41. The van der Waals surface area contributed by atoms with E-state index < -0.39 is 11.9 Å². The van der Waals surface area contributed by atoms with Gasteiger partial charge >= 0.3 is 0 Å². The smallest absolute Gasteiger partial charge is 0.144 e. The van der Waals surface area contributed by atoms with Gasteiger partial charge in [0, 0.05) is 10.0 Å². The highest BCUT2D eigenvalue weighted by Crippen LogP contribution is 2.33. The first-order chi connectivity index (χ1) is 6.93. The lowest BCUT2D eigenvalue weighted by atomic mass is 9.99. The number of aliphatic hydroxyl groups is 1. The Hall–Kier alpha value is 0.0700. The van der Waals surface area contributed by atoms with Gasteiger partial charge in [0.1, 0.15) is 5.82 Å². The molecule has 1 rings (SSSR count). The summed E-state index contributed by atoms with van der Waals surface area (Å²) in [6, 6.07) is 3.34. The van der Waals surface area contributed by atoms with Crippen LogP contribution in [0.3, 0.4) is 0 Å². The summed E-state index contributed by atoms with van der Waals surface area (Å²) < 4.78 is 14.7. The van der Waals surface area contributed by atoms with E-state index in [0.717, 1.165) is 0 Å². The second-order valence-corrected chi connectivity index (χ2v) is 5.61. The first-order valence-electron chi connectivity index (χ1n) is 4.75. The van der Waals surface area contributed by atoms with Gasteiger partial charge in [-0.3, -0.25) is 0 Å². The Kier molecular flexibility index (Phi) is 4.74. The van der Waals surface area contributed by atoms with Crippen molar-refractivity contribution in [3.05, 3.63) is 32.5 Å². The predicted octanol–water partition coefficient (Wildman–Crippen LogP) is 4.43. The van der Waals surface area contributed by atoms with Gasteiger partial charge in [-0.2, -0.15) is 0 Å². The van der Waals surface area contributed by atoms with Crippen LogP contribution in [0.25, 0.3) is 0 Å². The summed E-state index contributed by atoms with van der Waals surface area (Å²) in [5.74, 6) is -0.0668. The van der Waals surface area contributed by atoms with Gasteiger partial charge in [-0.15, -0.1) is 0 Å². The molecule has 0 fully saturated rings. The van der Waals surface area contributed by atoms with Crippen LogP contribution in [0, 0.1) is 11.7 Å². The fourth-order valence-electron chi connectivity index (χ4n) is 1.41. The fourth-order valence-corrected chi connectivity index (χ4v) is 2.33. The Morgan fingerprint density at radius 3 is 2.33 bits per heavy atom. The largest absolute Gasteiger partial charge is 0.388 e. The van der Waals surface area contributed by atoms with Crippen molar-refractivity contribution in [3.8, 4) is 0 Å². The maximum absolute atomic E-state index is 13.7. The zero-order valence-electron chi connectivity index (χ0n) is 8.60. The molecule has 15 heavy (non-hydrogen) atoms. The van der Waals surface area contributed by atoms with Crippen LogP contribution < -0.4 is 0 Å². The Morgan fingerprint density at radius 2 is 1.80 bits per heavy atom. The van der Waals surface area contributed by atoms with Crippen LogP contribution in [-0.4, -0.2) is 5.11 Å². The molecule has 0 radical (unpaired) electrons. The van der Waals surface area contributed by atoms with Crippen molar-refractivity contribution >= 4 is 31.9 Å². The lowest BCUT2D eigenvalue weighted by Gasteiger charge is -2.16. The van der Waals surface area contributed by atoms with E-state index in [4.69, 9.17) is 0 Å². The van der Waals surface area contributed by atoms with Gasteiger partial charge in [0.15, 0.2) is 0 Å². The number of hydrogen-bond donors (Lipinski definition) is 1. The van der Waals surface area contributed by atoms with Gasteiger partial charge in [0.25, 0.3) is 0 Å². The first-order valence-corrected chi connectivity index (χ1v) is 6.33. The maximum Gasteiger partial charge on any atom is 0.144 e. The highest BCUT2D eigenvalue weighted by Gasteiger charge is 2.19. The maximum atomic E-state index is 13.7. The van der Waals surface area contributed by atoms with Gasteiger partial charge in [-0.05, 0) is 40.4 Å². The molecule has 0 aliphatic carbocycles. The summed E-state index contributed by atoms with van der Waals surface area (Å²) in [4.78, 5) is 0. The Labute approximate surface area is 106 Å². The van der Waals surface area contributed by atoms with E-state index in [9.17, 15) is 9.50 Å². The number of hydrogen-bond acceptors (Lipinski definition) is 1. The minimum Gasteiger partial charge on any atom is -0.388 e. The monoisotopic (exact) mass is 338 g/mol. The van der Waals surface area contributed by atoms with Gasteiger partial charge in [-0.25, -0.2) is 4.39 Å². The lowest BCUT2D eigenvalue weighted by Crippen LogP contribution is -2.05. The van der Waals surface area contributed by atoms with E-state index in [2.05, 4.69) is 31.9 Å². The number of benzene rings is 1. The molecule has 84 valence electrons. The van der Waals surface area contributed by atoms with Crippen LogP contribution in [0.15, 0.2) is 21.1 Å². The molecule has 0 aliphatic heterocycles. The Balaban J connectivity index is 3.07. The van der Waals surface area contributed by atoms with Crippen LogP contribution in [0.2, 0.25) is 0 Å². The fraction of sp³-hybridized carbons (Fsp3) is 0.455. The summed E-state index contributed by atoms with van der Waals surface area (Å²) in [6.45, 7) is 3.99. The molecule has 4 heteroatoms. The molecule has 1 nitrogen and oxygen atoms in total. The van der Waals surface area contributed by atoms with Crippen LogP contribution in [0.5, 0.6) is 0 Å². The molecule has 0 bridgehead atoms. The summed E-state index contributed by atoms with van der Waals surface area (Å²) >= 11 is 6.36. The zero-order valence-corrected chi connectivity index (χ0v) is 11.8. The van der Waals surface area contributed by atoms with Crippen molar-refractivity contribution in [3.63, 3.8) is 0 Å². The van der Waals surface area contributed by atoms with Gasteiger partial charge in [0.05, 0.1) is 10.6 Å². The van der Waals surface area contributed by atoms with E-state index >= 15 is 0 Å². The summed E-state index contributed by atoms with van der Waals surface area (Å²) in [5.41, 5.74) is 0.332. The minimum absolute atomic E-state index is 0.324. The van der Waals surface area contributed by atoms with Crippen molar-refractivity contribution in [2.45, 2.75) is 26.4 Å². The molecule has 0 aliphatic rings. The van der Waals surface area contributed by atoms with Crippen molar-refractivity contribution in [1.82, 2.24) is 0 Å². The Bertz CT molecular complexity index is 353. The highest BCUT2D eigenvalue weighted by molar-refractivity contribution is 9.11. The molecule has 1 N–H and O–H groups in total. The van der Waals surface area contributed by atoms with Crippen LogP contribution in [0.4, 0.5) is 4.39 Å². The topological polar surface area (TPSA) is 20.2 Å². The van der Waals surface area contributed by atoms with Crippen LogP contribution in [0.1, 0.15) is 31.9 Å². The van der Waals surface area contributed by atoms with Crippen LogP contribution in [-0.2, 0) is 0 Å². The van der Waals surface area contributed by atoms with E-state index in [1.807, 2.05) is 13.8 Å². The molecule has 0 saturated heterocycles. The van der Waals surface area contributed by atoms with E-state index in [1.165, 1.54) is 0 Å². The van der Waals surface area contributed by atoms with E-state index in [0.29, 0.717) is 26.8 Å². The minimum atomic E-state index is -0.767. The predicted molar refractivity (Wildman–Crippen MR) is 66.2 cm³/mol. The summed E-state index contributed by atoms with van der Waals surface area (Å²) in [6.07, 6.45) is -0.219. The molecule has 1 atom stereocenters. The molecular weight excluding hydrogens is 327 g/mol. The molecular formula is C11H13Br2FO. The number of halogens is 3. The standard InChI is InChI=1S/C11H13Br2FO/c1-6(2)5-9(15)10-7(12)3-4-8(13)11(10)14/h3-4,6,9,15H,5H2,1-2H3. The molecule has 0 heterocycles. The van der Waals surface area contributed by atoms with Crippen molar-refractivity contribution in [1.29, 1.82) is 0 Å². The van der Waals surface area contributed by atoms with Gasteiger partial charge in [-0.1, -0.05) is 29.8 Å². The van der Waals surface area contributed by atoms with Gasteiger partial charge < -0.3 is 5.11 Å².